The maximum Gasteiger partial charge on any atom is 0.299 e. The average Bonchev–Trinajstić information content (AvgIpc) is 2.61. The molecule has 0 atom stereocenters. The molecule has 1 aromatic rings. The number of hydrogen-bond acceptors (Lipinski definition) is 3. The number of carbonyl (C=O) groups excluding carboxylic acids is 2. The number of fused-ring (bicyclic) bond motifs is 1. The second-order valence-electron chi connectivity index (χ2n) is 5.17. The number of carbonyl (C=O) groups is 2. The lowest BCUT2D eigenvalue weighted by molar-refractivity contribution is -0.114. The summed E-state index contributed by atoms with van der Waals surface area (Å²) in [6.45, 7) is 8.64. The van der Waals surface area contributed by atoms with E-state index in [2.05, 4.69) is 11.9 Å². The number of hydrogen-bond donors (Lipinski definition) is 1. The van der Waals surface area contributed by atoms with Gasteiger partial charge in [0.2, 0.25) is 0 Å². The molecule has 1 aliphatic heterocycles. The summed E-state index contributed by atoms with van der Waals surface area (Å²) in [7, 11) is 0. The molecule has 0 saturated carbocycles. The van der Waals surface area contributed by atoms with E-state index in [4.69, 9.17) is 0 Å². The average molecular weight is 276 g/mol. The highest BCUT2D eigenvalue weighted by molar-refractivity contribution is 6.52. The van der Waals surface area contributed by atoms with Gasteiger partial charge < -0.3 is 10.2 Å². The number of Topliss-reactive ketones (excluding diaryl/α,β-unsaturated/α-hetero) is 1. The number of nitrogens with zero attached hydrogens (tertiary/aromatic N) is 1. The van der Waals surface area contributed by atoms with Crippen LogP contribution in [0.4, 0.5) is 10.1 Å². The minimum absolute atomic E-state index is 0.209. The van der Waals surface area contributed by atoms with E-state index < -0.39 is 17.5 Å². The number of nitrogens with one attached hydrogen (secondary N) is 1. The molecule has 1 aromatic carbocycles. The summed E-state index contributed by atoms with van der Waals surface area (Å²) >= 11 is 0. The van der Waals surface area contributed by atoms with Crippen LogP contribution in [0.5, 0.6) is 0 Å². The van der Waals surface area contributed by atoms with Crippen molar-refractivity contribution in [2.75, 3.05) is 18.0 Å². The third-order valence-electron chi connectivity index (χ3n) is 3.08. The standard InChI is InChI=1S/C15H17FN2O2/c1-9(2)17-7-10(3)8-18-13-6-11(16)4-5-12(13)14(19)15(18)20/h4-6,9,17H,3,7-8H2,1-2H3. The molecule has 0 spiro atoms. The summed E-state index contributed by atoms with van der Waals surface area (Å²) in [5.74, 6) is -1.69. The Bertz CT molecular complexity index is 581. The largest absolute Gasteiger partial charge is 0.311 e. The summed E-state index contributed by atoms with van der Waals surface area (Å²) in [5, 5.41) is 3.18. The van der Waals surface area contributed by atoms with E-state index in [9.17, 15) is 14.0 Å². The number of halogens is 1. The van der Waals surface area contributed by atoms with Gasteiger partial charge in [-0.05, 0) is 23.8 Å². The van der Waals surface area contributed by atoms with Gasteiger partial charge in [0.05, 0.1) is 11.3 Å². The number of benzene rings is 1. The highest BCUT2D eigenvalue weighted by Crippen LogP contribution is 2.29. The molecule has 1 heterocycles. The third-order valence-corrected chi connectivity index (χ3v) is 3.08. The van der Waals surface area contributed by atoms with Crippen molar-refractivity contribution in [1.29, 1.82) is 0 Å². The van der Waals surface area contributed by atoms with Crippen molar-refractivity contribution in [1.82, 2.24) is 5.32 Å². The van der Waals surface area contributed by atoms with Gasteiger partial charge in [0.25, 0.3) is 11.7 Å². The maximum absolute atomic E-state index is 13.3. The molecular formula is C15H17FN2O2. The molecule has 1 N–H and O–H groups in total. The molecule has 5 heteroatoms. The molecule has 106 valence electrons. The van der Waals surface area contributed by atoms with E-state index in [0.29, 0.717) is 18.3 Å². The van der Waals surface area contributed by atoms with Gasteiger partial charge in [0, 0.05) is 19.1 Å². The van der Waals surface area contributed by atoms with Crippen molar-refractivity contribution in [2.45, 2.75) is 19.9 Å². The van der Waals surface area contributed by atoms with Crippen LogP contribution < -0.4 is 10.2 Å². The monoisotopic (exact) mass is 276 g/mol. The van der Waals surface area contributed by atoms with Crippen LogP contribution in [0, 0.1) is 5.82 Å². The molecule has 0 saturated heterocycles. The second kappa shape index (κ2) is 5.54. The first kappa shape index (κ1) is 14.4. The van der Waals surface area contributed by atoms with Crippen molar-refractivity contribution in [3.8, 4) is 0 Å². The second-order valence-corrected chi connectivity index (χ2v) is 5.17. The van der Waals surface area contributed by atoms with Crippen molar-refractivity contribution in [2.24, 2.45) is 0 Å². The molecular weight excluding hydrogens is 259 g/mol. The van der Waals surface area contributed by atoms with Gasteiger partial charge in [-0.25, -0.2) is 4.39 Å². The van der Waals surface area contributed by atoms with Crippen LogP contribution >= 0.6 is 0 Å². The Balaban J connectivity index is 2.17. The van der Waals surface area contributed by atoms with E-state index in [1.54, 1.807) is 0 Å². The van der Waals surface area contributed by atoms with Crippen molar-refractivity contribution < 1.29 is 14.0 Å². The Morgan fingerprint density at radius 1 is 1.40 bits per heavy atom. The van der Waals surface area contributed by atoms with Gasteiger partial charge in [-0.1, -0.05) is 20.4 Å². The van der Waals surface area contributed by atoms with Gasteiger partial charge in [-0.2, -0.15) is 0 Å². The minimum Gasteiger partial charge on any atom is -0.311 e. The van der Waals surface area contributed by atoms with Crippen molar-refractivity contribution in [3.63, 3.8) is 0 Å². The summed E-state index contributed by atoms with van der Waals surface area (Å²) in [6.07, 6.45) is 0. The van der Waals surface area contributed by atoms with E-state index in [0.717, 1.165) is 5.57 Å². The van der Waals surface area contributed by atoms with Gasteiger partial charge in [-0.15, -0.1) is 0 Å². The fourth-order valence-corrected chi connectivity index (χ4v) is 2.05. The molecule has 20 heavy (non-hydrogen) atoms. The molecule has 4 nitrogen and oxygen atoms in total. The third kappa shape index (κ3) is 2.77. The van der Waals surface area contributed by atoms with E-state index in [-0.39, 0.29) is 12.1 Å². The lowest BCUT2D eigenvalue weighted by atomic mass is 10.1. The fourth-order valence-electron chi connectivity index (χ4n) is 2.05. The number of amides is 1. The summed E-state index contributed by atoms with van der Waals surface area (Å²) in [4.78, 5) is 25.0. The first-order valence-electron chi connectivity index (χ1n) is 6.46. The Morgan fingerprint density at radius 3 is 2.75 bits per heavy atom. The van der Waals surface area contributed by atoms with Gasteiger partial charge in [0.15, 0.2) is 0 Å². The van der Waals surface area contributed by atoms with Crippen LogP contribution in [0.1, 0.15) is 24.2 Å². The van der Waals surface area contributed by atoms with Crippen molar-refractivity contribution >= 4 is 17.4 Å². The predicted molar refractivity (Wildman–Crippen MR) is 75.4 cm³/mol. The molecule has 1 amide bonds. The number of rotatable bonds is 5. The van der Waals surface area contributed by atoms with Crippen LogP contribution in [0.2, 0.25) is 0 Å². The lowest BCUT2D eigenvalue weighted by Crippen LogP contribution is -2.34. The summed E-state index contributed by atoms with van der Waals surface area (Å²) in [6, 6.07) is 4.04. The zero-order chi connectivity index (χ0) is 14.9. The van der Waals surface area contributed by atoms with E-state index in [1.165, 1.54) is 23.1 Å². The van der Waals surface area contributed by atoms with Crippen LogP contribution in [-0.4, -0.2) is 30.8 Å². The highest BCUT2D eigenvalue weighted by Gasteiger charge is 2.36. The quantitative estimate of drug-likeness (QED) is 0.660. The number of anilines is 1. The van der Waals surface area contributed by atoms with Crippen LogP contribution in [0.15, 0.2) is 30.4 Å². The van der Waals surface area contributed by atoms with Crippen LogP contribution in [0.25, 0.3) is 0 Å². The van der Waals surface area contributed by atoms with Gasteiger partial charge in [-0.3, -0.25) is 9.59 Å². The minimum atomic E-state index is -0.628. The topological polar surface area (TPSA) is 49.4 Å². The predicted octanol–water partition coefficient (Wildman–Crippen LogP) is 1.91. The molecule has 0 aliphatic carbocycles. The van der Waals surface area contributed by atoms with Gasteiger partial charge >= 0.3 is 0 Å². The molecule has 0 aromatic heterocycles. The zero-order valence-electron chi connectivity index (χ0n) is 11.6. The first-order valence-corrected chi connectivity index (χ1v) is 6.46. The number of ketones is 1. The highest BCUT2D eigenvalue weighted by atomic mass is 19.1. The Kier molecular flexibility index (Phi) is 3.99. The Labute approximate surface area is 117 Å². The molecule has 0 radical (unpaired) electrons. The molecule has 0 bridgehead atoms. The smallest absolute Gasteiger partial charge is 0.299 e. The van der Waals surface area contributed by atoms with Crippen LogP contribution in [-0.2, 0) is 4.79 Å². The maximum atomic E-state index is 13.3. The summed E-state index contributed by atoms with van der Waals surface area (Å²) in [5.41, 5.74) is 1.34. The first-order chi connectivity index (χ1) is 9.40. The normalized spacial score (nSPS) is 14.1. The van der Waals surface area contributed by atoms with E-state index >= 15 is 0 Å². The molecule has 0 fully saturated rings. The lowest BCUT2D eigenvalue weighted by Gasteiger charge is -2.19. The van der Waals surface area contributed by atoms with E-state index in [1.807, 2.05) is 13.8 Å². The summed E-state index contributed by atoms with van der Waals surface area (Å²) < 4.78 is 13.3. The van der Waals surface area contributed by atoms with Gasteiger partial charge in [0.1, 0.15) is 5.82 Å². The van der Waals surface area contributed by atoms with Crippen LogP contribution in [0.3, 0.4) is 0 Å². The Hall–Kier alpha value is -2.01. The SMILES string of the molecule is C=C(CNC(C)C)CN1C(=O)C(=O)c2ccc(F)cc21. The zero-order valence-corrected chi connectivity index (χ0v) is 11.6. The Morgan fingerprint density at radius 2 is 2.10 bits per heavy atom. The van der Waals surface area contributed by atoms with Crippen molar-refractivity contribution in [3.05, 3.63) is 41.7 Å². The molecule has 2 rings (SSSR count). The molecule has 0 unspecified atom stereocenters. The molecule has 1 aliphatic rings. The fraction of sp³-hybridized carbons (Fsp3) is 0.333.